The van der Waals surface area contributed by atoms with Gasteiger partial charge in [-0.05, 0) is 6.92 Å². The number of rotatable bonds is 2. The van der Waals surface area contributed by atoms with Gasteiger partial charge in [-0.2, -0.15) is 22.0 Å². The first-order chi connectivity index (χ1) is 5.58. The molecular formula is C6H5F7. The molecule has 0 aliphatic heterocycles. The topological polar surface area (TPSA) is 0 Å². The molecule has 0 atom stereocenters. The molecule has 0 saturated heterocycles. The second-order valence-electron chi connectivity index (χ2n) is 2.32. The Bertz CT molecular complexity index is 208. The van der Waals surface area contributed by atoms with Crippen molar-refractivity contribution in [2.75, 3.05) is 0 Å². The van der Waals surface area contributed by atoms with Gasteiger partial charge in [0.25, 0.3) is 0 Å². The van der Waals surface area contributed by atoms with Crippen molar-refractivity contribution in [2.24, 2.45) is 0 Å². The van der Waals surface area contributed by atoms with E-state index in [0.717, 1.165) is 0 Å². The summed E-state index contributed by atoms with van der Waals surface area (Å²) >= 11 is 0. The molecule has 0 radical (unpaired) electrons. The first-order valence-corrected chi connectivity index (χ1v) is 3.03. The van der Waals surface area contributed by atoms with Gasteiger partial charge in [0.15, 0.2) is 0 Å². The summed E-state index contributed by atoms with van der Waals surface area (Å²) in [6.07, 6.45) is -8.15. The smallest absolute Gasteiger partial charge is 0.209 e. The molecule has 0 saturated carbocycles. The third-order valence-corrected chi connectivity index (χ3v) is 1.17. The van der Waals surface area contributed by atoms with Gasteiger partial charge in [0.1, 0.15) is 11.7 Å². The number of hydrogen-bond donors (Lipinski definition) is 0. The van der Waals surface area contributed by atoms with Crippen LogP contribution in [0, 0.1) is 0 Å². The highest BCUT2D eigenvalue weighted by atomic mass is 19.4. The second kappa shape index (κ2) is 3.55. The fourth-order valence-electron chi connectivity index (χ4n) is 0.417. The number of allylic oxidation sites excluding steroid dienone is 2. The van der Waals surface area contributed by atoms with Crippen molar-refractivity contribution in [1.82, 2.24) is 0 Å². The second-order valence-corrected chi connectivity index (χ2v) is 2.32. The lowest BCUT2D eigenvalue weighted by molar-refractivity contribution is -0.282. The molecule has 7 heteroatoms. The molecule has 0 amide bonds. The molecule has 0 aromatic carbocycles. The Morgan fingerprint density at radius 1 is 1.00 bits per heavy atom. The highest BCUT2D eigenvalue weighted by Crippen LogP contribution is 2.40. The average Bonchev–Trinajstić information content (AvgIpc) is 1.83. The van der Waals surface area contributed by atoms with Crippen molar-refractivity contribution in [3.05, 3.63) is 11.7 Å². The fourth-order valence-corrected chi connectivity index (χ4v) is 0.417. The van der Waals surface area contributed by atoms with E-state index < -0.39 is 30.2 Å². The van der Waals surface area contributed by atoms with Gasteiger partial charge in [0.05, 0.1) is 6.42 Å². The molecule has 0 nitrogen and oxygen atoms in total. The van der Waals surface area contributed by atoms with Crippen molar-refractivity contribution in [2.45, 2.75) is 25.4 Å². The highest BCUT2D eigenvalue weighted by molar-refractivity contribution is 5.01. The normalized spacial score (nSPS) is 15.7. The molecule has 0 N–H and O–H groups in total. The fraction of sp³-hybridized carbons (Fsp3) is 0.667. The van der Waals surface area contributed by atoms with E-state index in [0.29, 0.717) is 6.92 Å². The number of alkyl halides is 5. The summed E-state index contributed by atoms with van der Waals surface area (Å²) in [7, 11) is 0. The van der Waals surface area contributed by atoms with Crippen LogP contribution in [-0.4, -0.2) is 12.1 Å². The summed E-state index contributed by atoms with van der Waals surface area (Å²) in [6.45, 7) is 0.460. The Balaban J connectivity index is 4.63. The van der Waals surface area contributed by atoms with Crippen LogP contribution in [-0.2, 0) is 0 Å². The summed E-state index contributed by atoms with van der Waals surface area (Å²) in [5.74, 6) is -9.00. The zero-order valence-corrected chi connectivity index (χ0v) is 6.35. The van der Waals surface area contributed by atoms with Crippen LogP contribution in [0.5, 0.6) is 0 Å². The maximum atomic E-state index is 12.1. The van der Waals surface area contributed by atoms with Gasteiger partial charge in [-0.25, -0.2) is 8.78 Å². The Morgan fingerprint density at radius 2 is 1.38 bits per heavy atom. The van der Waals surface area contributed by atoms with E-state index in [-0.39, 0.29) is 0 Å². The minimum atomic E-state index is -5.86. The van der Waals surface area contributed by atoms with Gasteiger partial charge >= 0.3 is 12.1 Å². The minimum absolute atomic E-state index is 0.460. The van der Waals surface area contributed by atoms with Gasteiger partial charge in [0.2, 0.25) is 0 Å². The van der Waals surface area contributed by atoms with Crippen molar-refractivity contribution in [3.8, 4) is 0 Å². The third-order valence-electron chi connectivity index (χ3n) is 1.17. The molecule has 0 fully saturated rings. The lowest BCUT2D eigenvalue weighted by Crippen LogP contribution is -2.36. The van der Waals surface area contributed by atoms with Crippen LogP contribution in [0.2, 0.25) is 0 Å². The minimum Gasteiger partial charge on any atom is -0.209 e. The summed E-state index contributed by atoms with van der Waals surface area (Å²) in [5.41, 5.74) is 0. The van der Waals surface area contributed by atoms with Gasteiger partial charge in [0, 0.05) is 0 Å². The Hall–Kier alpha value is -0.750. The van der Waals surface area contributed by atoms with E-state index in [4.69, 9.17) is 0 Å². The van der Waals surface area contributed by atoms with E-state index in [9.17, 15) is 30.7 Å². The van der Waals surface area contributed by atoms with E-state index in [1.807, 2.05) is 0 Å². The molecule has 0 aromatic rings. The van der Waals surface area contributed by atoms with Crippen LogP contribution >= 0.6 is 0 Å². The first kappa shape index (κ1) is 12.2. The lowest BCUT2D eigenvalue weighted by atomic mass is 10.2. The SMILES string of the molecule is CC(F)=C(F)CC(F)(F)C(F)(F)F. The first-order valence-electron chi connectivity index (χ1n) is 3.03. The van der Waals surface area contributed by atoms with Crippen LogP contribution in [0.3, 0.4) is 0 Å². The van der Waals surface area contributed by atoms with Gasteiger partial charge < -0.3 is 0 Å². The van der Waals surface area contributed by atoms with E-state index in [2.05, 4.69) is 0 Å². The molecule has 0 aliphatic rings. The third kappa shape index (κ3) is 3.23. The summed E-state index contributed by atoms with van der Waals surface area (Å²) in [4.78, 5) is 0. The number of hydrogen-bond acceptors (Lipinski definition) is 0. The molecule has 13 heavy (non-hydrogen) atoms. The van der Waals surface area contributed by atoms with Crippen molar-refractivity contribution in [1.29, 1.82) is 0 Å². The van der Waals surface area contributed by atoms with Crippen LogP contribution < -0.4 is 0 Å². The zero-order valence-electron chi connectivity index (χ0n) is 6.35. The largest absolute Gasteiger partial charge is 0.453 e. The molecule has 0 aromatic heterocycles. The Labute approximate surface area is 69.0 Å². The predicted octanol–water partition coefficient (Wildman–Crippen LogP) is 3.74. The van der Waals surface area contributed by atoms with Crippen molar-refractivity contribution in [3.63, 3.8) is 0 Å². The molecule has 0 rings (SSSR count). The summed E-state index contributed by atoms with van der Waals surface area (Å²) < 4.78 is 82.0. The van der Waals surface area contributed by atoms with Gasteiger partial charge in [-0.3, -0.25) is 0 Å². The monoisotopic (exact) mass is 210 g/mol. The molecule has 0 bridgehead atoms. The van der Waals surface area contributed by atoms with E-state index in [1.165, 1.54) is 0 Å². The Kier molecular flexibility index (Phi) is 3.34. The predicted molar refractivity (Wildman–Crippen MR) is 30.5 cm³/mol. The van der Waals surface area contributed by atoms with E-state index >= 15 is 0 Å². The summed E-state index contributed by atoms with van der Waals surface area (Å²) in [6, 6.07) is 0. The van der Waals surface area contributed by atoms with Gasteiger partial charge in [-0.15, -0.1) is 0 Å². The van der Waals surface area contributed by atoms with Crippen LogP contribution in [0.25, 0.3) is 0 Å². The van der Waals surface area contributed by atoms with Crippen LogP contribution in [0.4, 0.5) is 30.7 Å². The van der Waals surface area contributed by atoms with Crippen molar-refractivity contribution >= 4 is 0 Å². The average molecular weight is 210 g/mol. The molecule has 78 valence electrons. The standard InChI is InChI=1S/C6H5F7/c1-3(7)4(8)2-5(9,10)6(11,12)13/h2H2,1H3. The molecule has 0 heterocycles. The van der Waals surface area contributed by atoms with Crippen LogP contribution in [0.15, 0.2) is 11.7 Å². The lowest BCUT2D eigenvalue weighted by Gasteiger charge is -2.18. The molecule has 0 spiro atoms. The zero-order chi connectivity index (χ0) is 10.9. The van der Waals surface area contributed by atoms with Crippen LogP contribution in [0.1, 0.15) is 13.3 Å². The van der Waals surface area contributed by atoms with Gasteiger partial charge in [-0.1, -0.05) is 0 Å². The molecule has 0 aliphatic carbocycles. The highest BCUT2D eigenvalue weighted by Gasteiger charge is 2.57. The molecule has 0 unspecified atom stereocenters. The molecular weight excluding hydrogens is 205 g/mol. The maximum Gasteiger partial charge on any atom is 0.453 e. The quantitative estimate of drug-likeness (QED) is 0.609. The summed E-state index contributed by atoms with van der Waals surface area (Å²) in [5, 5.41) is 0. The maximum absolute atomic E-state index is 12.1. The van der Waals surface area contributed by atoms with Crippen molar-refractivity contribution < 1.29 is 30.7 Å². The number of halogens is 7. The van der Waals surface area contributed by atoms with E-state index in [1.54, 1.807) is 0 Å². The Morgan fingerprint density at radius 3 is 1.62 bits per heavy atom.